The van der Waals surface area contributed by atoms with E-state index in [1.54, 1.807) is 17.8 Å². The molecule has 1 N–H and O–H groups in total. The predicted molar refractivity (Wildman–Crippen MR) is 106 cm³/mol. The molecule has 1 amide bonds. The van der Waals surface area contributed by atoms with Crippen molar-refractivity contribution < 1.29 is 4.79 Å². The van der Waals surface area contributed by atoms with E-state index >= 15 is 0 Å². The van der Waals surface area contributed by atoms with E-state index in [0.717, 1.165) is 17.0 Å². The zero-order chi connectivity index (χ0) is 17.5. The molecule has 0 radical (unpaired) electrons. The predicted octanol–water partition coefficient (Wildman–Crippen LogP) is 5.81. The summed E-state index contributed by atoms with van der Waals surface area (Å²) in [5, 5.41) is 3.57. The molecule has 126 valence electrons. The van der Waals surface area contributed by atoms with E-state index in [2.05, 4.69) is 17.4 Å². The molecule has 0 bridgehead atoms. The first-order valence-corrected chi connectivity index (χ1v) is 9.36. The summed E-state index contributed by atoms with van der Waals surface area (Å²) in [5.74, 6) is 0.856. The highest BCUT2D eigenvalue weighted by Crippen LogP contribution is 2.23. The molecule has 0 aliphatic rings. The molecule has 3 aromatic carbocycles. The van der Waals surface area contributed by atoms with Crippen molar-refractivity contribution in [3.8, 4) is 0 Å². The van der Waals surface area contributed by atoms with Gasteiger partial charge in [0, 0.05) is 21.4 Å². The third kappa shape index (κ3) is 5.66. The number of hydrogen-bond donors (Lipinski definition) is 1. The summed E-state index contributed by atoms with van der Waals surface area (Å²) < 4.78 is 0. The SMILES string of the molecule is O=C(Cc1cccc(Cl)c1)Nc1ccc(CSc2ccccc2)cc1. The number of nitrogens with one attached hydrogen (secondary N) is 1. The first kappa shape index (κ1) is 17.6. The Hall–Kier alpha value is -2.23. The lowest BCUT2D eigenvalue weighted by Gasteiger charge is -2.07. The number of thioether (sulfide) groups is 1. The molecule has 0 saturated heterocycles. The number of benzene rings is 3. The van der Waals surface area contributed by atoms with Crippen LogP contribution in [0.25, 0.3) is 0 Å². The van der Waals surface area contributed by atoms with Crippen LogP contribution in [0.4, 0.5) is 5.69 Å². The van der Waals surface area contributed by atoms with Gasteiger partial charge in [0.2, 0.25) is 5.91 Å². The fourth-order valence-corrected chi connectivity index (χ4v) is 3.49. The summed E-state index contributed by atoms with van der Waals surface area (Å²) in [7, 11) is 0. The van der Waals surface area contributed by atoms with Gasteiger partial charge in [-0.25, -0.2) is 0 Å². The van der Waals surface area contributed by atoms with Crippen LogP contribution in [0, 0.1) is 0 Å². The van der Waals surface area contributed by atoms with Crippen LogP contribution < -0.4 is 5.32 Å². The Labute approximate surface area is 157 Å². The summed E-state index contributed by atoms with van der Waals surface area (Å²) in [6.07, 6.45) is 0.312. The van der Waals surface area contributed by atoms with Crippen LogP contribution in [0.3, 0.4) is 0 Å². The molecule has 0 aliphatic carbocycles. The minimum Gasteiger partial charge on any atom is -0.326 e. The number of carbonyl (C=O) groups excluding carboxylic acids is 1. The number of carbonyl (C=O) groups is 1. The average Bonchev–Trinajstić information content (AvgIpc) is 2.62. The molecule has 0 saturated carbocycles. The van der Waals surface area contributed by atoms with Gasteiger partial charge in [0.15, 0.2) is 0 Å². The molecule has 25 heavy (non-hydrogen) atoms. The molecular weight excluding hydrogens is 350 g/mol. The molecule has 0 spiro atoms. The van der Waals surface area contributed by atoms with Gasteiger partial charge in [-0.2, -0.15) is 0 Å². The normalized spacial score (nSPS) is 10.4. The minimum absolute atomic E-state index is 0.0475. The van der Waals surface area contributed by atoms with Gasteiger partial charge in [-0.05, 0) is 47.5 Å². The largest absolute Gasteiger partial charge is 0.326 e. The van der Waals surface area contributed by atoms with E-state index < -0.39 is 0 Å². The number of rotatable bonds is 6. The number of halogens is 1. The second kappa shape index (κ2) is 8.75. The minimum atomic E-state index is -0.0475. The number of anilines is 1. The fourth-order valence-electron chi connectivity index (χ4n) is 2.41. The maximum atomic E-state index is 12.1. The van der Waals surface area contributed by atoms with E-state index in [0.29, 0.717) is 11.4 Å². The monoisotopic (exact) mass is 367 g/mol. The second-order valence-electron chi connectivity index (χ2n) is 5.65. The van der Waals surface area contributed by atoms with Gasteiger partial charge in [-0.15, -0.1) is 11.8 Å². The second-order valence-corrected chi connectivity index (χ2v) is 7.14. The summed E-state index contributed by atoms with van der Waals surface area (Å²) in [6.45, 7) is 0. The highest BCUT2D eigenvalue weighted by Gasteiger charge is 2.05. The fraction of sp³-hybridized carbons (Fsp3) is 0.0952. The zero-order valence-corrected chi connectivity index (χ0v) is 15.2. The molecular formula is C21H18ClNOS. The van der Waals surface area contributed by atoms with E-state index in [1.807, 2.05) is 60.7 Å². The molecule has 4 heteroatoms. The van der Waals surface area contributed by atoms with Crippen molar-refractivity contribution in [2.45, 2.75) is 17.1 Å². The van der Waals surface area contributed by atoms with Crippen LogP contribution in [-0.4, -0.2) is 5.91 Å². The van der Waals surface area contributed by atoms with Crippen LogP contribution in [0.2, 0.25) is 5.02 Å². The van der Waals surface area contributed by atoms with Gasteiger partial charge in [0.25, 0.3) is 0 Å². The van der Waals surface area contributed by atoms with E-state index in [1.165, 1.54) is 10.5 Å². The van der Waals surface area contributed by atoms with Gasteiger partial charge < -0.3 is 5.32 Å². The van der Waals surface area contributed by atoms with Gasteiger partial charge in [0.1, 0.15) is 0 Å². The van der Waals surface area contributed by atoms with Crippen molar-refractivity contribution in [2.75, 3.05) is 5.32 Å². The third-order valence-corrected chi connectivity index (χ3v) is 4.96. The summed E-state index contributed by atoms with van der Waals surface area (Å²) >= 11 is 7.74. The number of amides is 1. The van der Waals surface area contributed by atoms with Crippen molar-refractivity contribution in [2.24, 2.45) is 0 Å². The van der Waals surface area contributed by atoms with Crippen molar-refractivity contribution in [1.82, 2.24) is 0 Å². The first-order chi connectivity index (χ1) is 12.2. The van der Waals surface area contributed by atoms with Crippen molar-refractivity contribution >= 4 is 35.0 Å². The van der Waals surface area contributed by atoms with Crippen molar-refractivity contribution in [1.29, 1.82) is 0 Å². The first-order valence-electron chi connectivity index (χ1n) is 8.00. The van der Waals surface area contributed by atoms with E-state index in [-0.39, 0.29) is 5.91 Å². The molecule has 3 rings (SSSR count). The van der Waals surface area contributed by atoms with Gasteiger partial charge in [0.05, 0.1) is 6.42 Å². The molecule has 0 aliphatic heterocycles. The van der Waals surface area contributed by atoms with Gasteiger partial charge in [-0.3, -0.25) is 4.79 Å². The van der Waals surface area contributed by atoms with Crippen LogP contribution in [0.5, 0.6) is 0 Å². The van der Waals surface area contributed by atoms with Crippen molar-refractivity contribution in [3.05, 3.63) is 95.0 Å². The summed E-state index contributed by atoms with van der Waals surface area (Å²) in [4.78, 5) is 13.4. The molecule has 2 nitrogen and oxygen atoms in total. The Morgan fingerprint density at radius 2 is 1.64 bits per heavy atom. The lowest BCUT2D eigenvalue weighted by Crippen LogP contribution is -2.14. The maximum absolute atomic E-state index is 12.1. The molecule has 3 aromatic rings. The highest BCUT2D eigenvalue weighted by molar-refractivity contribution is 7.98. The van der Waals surface area contributed by atoms with Crippen LogP contribution in [0.15, 0.2) is 83.8 Å². The standard InChI is InChI=1S/C21H18ClNOS/c22-18-6-4-5-17(13-18)14-21(24)23-19-11-9-16(10-12-19)15-25-20-7-2-1-3-8-20/h1-13H,14-15H2,(H,23,24). The van der Waals surface area contributed by atoms with Crippen molar-refractivity contribution in [3.63, 3.8) is 0 Å². The Kier molecular flexibility index (Phi) is 6.15. The lowest BCUT2D eigenvalue weighted by molar-refractivity contribution is -0.115. The Morgan fingerprint density at radius 3 is 2.36 bits per heavy atom. The summed E-state index contributed by atoms with van der Waals surface area (Å²) in [5.41, 5.74) is 2.93. The Morgan fingerprint density at radius 1 is 0.880 bits per heavy atom. The molecule has 0 heterocycles. The molecule has 0 fully saturated rings. The van der Waals surface area contributed by atoms with Gasteiger partial charge in [-0.1, -0.05) is 54.1 Å². The van der Waals surface area contributed by atoms with Crippen LogP contribution >= 0.6 is 23.4 Å². The van der Waals surface area contributed by atoms with E-state index in [4.69, 9.17) is 11.6 Å². The Balaban J connectivity index is 1.52. The zero-order valence-electron chi connectivity index (χ0n) is 13.6. The Bertz CT molecular complexity index is 834. The van der Waals surface area contributed by atoms with Gasteiger partial charge >= 0.3 is 0 Å². The smallest absolute Gasteiger partial charge is 0.228 e. The lowest BCUT2D eigenvalue weighted by atomic mass is 10.1. The average molecular weight is 368 g/mol. The molecule has 0 aromatic heterocycles. The van der Waals surface area contributed by atoms with Crippen LogP contribution in [0.1, 0.15) is 11.1 Å². The summed E-state index contributed by atoms with van der Waals surface area (Å²) in [6, 6.07) is 25.7. The maximum Gasteiger partial charge on any atom is 0.228 e. The third-order valence-electron chi connectivity index (χ3n) is 3.64. The highest BCUT2D eigenvalue weighted by atomic mass is 35.5. The molecule has 0 atom stereocenters. The van der Waals surface area contributed by atoms with E-state index in [9.17, 15) is 4.79 Å². The number of hydrogen-bond acceptors (Lipinski definition) is 2. The molecule has 0 unspecified atom stereocenters. The topological polar surface area (TPSA) is 29.1 Å². The van der Waals surface area contributed by atoms with Crippen LogP contribution in [-0.2, 0) is 17.0 Å². The quantitative estimate of drug-likeness (QED) is 0.556.